The van der Waals surface area contributed by atoms with E-state index in [1.165, 1.54) is 44.9 Å². The molecule has 1 heterocycles. The molecule has 0 saturated carbocycles. The van der Waals surface area contributed by atoms with Gasteiger partial charge in [-0.1, -0.05) is 64.0 Å². The third-order valence-corrected chi connectivity index (χ3v) is 5.52. The molecule has 0 aliphatic carbocycles. The van der Waals surface area contributed by atoms with Gasteiger partial charge in [-0.3, -0.25) is 4.79 Å². The lowest BCUT2D eigenvalue weighted by molar-refractivity contribution is -0.120. The largest absolute Gasteiger partial charge is 0.494 e. The SMILES string of the molecule is CCCCCCCCCCNC(=O)CNCc1cccc(OCCCNc2nc(N)nn2C)c1. The van der Waals surface area contributed by atoms with Crippen LogP contribution in [-0.4, -0.2) is 46.9 Å². The van der Waals surface area contributed by atoms with Crippen LogP contribution >= 0.6 is 0 Å². The summed E-state index contributed by atoms with van der Waals surface area (Å²) in [6.07, 6.45) is 11.0. The number of hydrogen-bond donors (Lipinski definition) is 4. The Hall–Kier alpha value is -2.81. The molecule has 0 aliphatic rings. The first-order valence-electron chi connectivity index (χ1n) is 12.7. The summed E-state index contributed by atoms with van der Waals surface area (Å²) in [5.41, 5.74) is 6.65. The molecule has 2 aromatic rings. The van der Waals surface area contributed by atoms with Crippen molar-refractivity contribution in [3.8, 4) is 5.75 Å². The number of rotatable bonds is 19. The second-order valence-corrected chi connectivity index (χ2v) is 8.62. The van der Waals surface area contributed by atoms with Crippen molar-refractivity contribution in [3.05, 3.63) is 29.8 Å². The molecule has 2 rings (SSSR count). The predicted molar refractivity (Wildman–Crippen MR) is 138 cm³/mol. The maximum Gasteiger partial charge on any atom is 0.241 e. The van der Waals surface area contributed by atoms with Gasteiger partial charge in [-0.05, 0) is 30.5 Å². The minimum Gasteiger partial charge on any atom is -0.494 e. The fourth-order valence-electron chi connectivity index (χ4n) is 3.64. The maximum atomic E-state index is 12.0. The highest BCUT2D eigenvalue weighted by molar-refractivity contribution is 5.77. The minimum absolute atomic E-state index is 0.0486. The number of nitrogens with zero attached hydrogens (tertiary/aromatic N) is 3. The Kier molecular flexibility index (Phi) is 13.5. The summed E-state index contributed by atoms with van der Waals surface area (Å²) in [6.45, 7) is 5.24. The van der Waals surface area contributed by atoms with Crippen molar-refractivity contribution in [2.75, 3.05) is 37.3 Å². The Morgan fingerprint density at radius 2 is 1.82 bits per heavy atom. The van der Waals surface area contributed by atoms with Crippen molar-refractivity contribution in [2.24, 2.45) is 7.05 Å². The van der Waals surface area contributed by atoms with Gasteiger partial charge in [0.1, 0.15) is 5.75 Å². The van der Waals surface area contributed by atoms with Gasteiger partial charge in [-0.2, -0.15) is 4.98 Å². The number of nitrogens with one attached hydrogen (secondary N) is 3. The molecule has 1 aromatic heterocycles. The number of unbranched alkanes of at least 4 members (excludes halogenated alkanes) is 7. The average molecular weight is 474 g/mol. The smallest absolute Gasteiger partial charge is 0.241 e. The number of benzene rings is 1. The first kappa shape index (κ1) is 27.4. The second kappa shape index (κ2) is 16.7. The molecule has 0 spiro atoms. The number of ether oxygens (including phenoxy) is 1. The third kappa shape index (κ3) is 11.9. The topological polar surface area (TPSA) is 119 Å². The molecule has 0 aliphatic heterocycles. The minimum atomic E-state index is 0.0486. The standard InChI is InChI=1S/C25H43N7O2/c1-3-4-5-6-7-8-9-10-15-28-23(33)20-27-19-21-13-11-14-22(18-21)34-17-12-16-29-25-30-24(26)31-32(25)2/h11,13-14,18,27H,3-10,12,15-17,19-20H2,1-2H3,(H,28,33)(H3,26,29,30,31). The molecule has 0 atom stereocenters. The van der Waals surface area contributed by atoms with Crippen molar-refractivity contribution in [1.82, 2.24) is 25.4 Å². The van der Waals surface area contributed by atoms with Crippen molar-refractivity contribution in [1.29, 1.82) is 0 Å². The molecule has 190 valence electrons. The number of aryl methyl sites for hydroxylation is 1. The Bertz CT molecular complexity index is 825. The Morgan fingerprint density at radius 1 is 1.06 bits per heavy atom. The molecule has 0 saturated heterocycles. The van der Waals surface area contributed by atoms with Crippen LogP contribution in [0.15, 0.2) is 24.3 Å². The fraction of sp³-hybridized carbons (Fsp3) is 0.640. The van der Waals surface area contributed by atoms with Crippen LogP contribution in [0, 0.1) is 0 Å². The molecule has 0 radical (unpaired) electrons. The maximum absolute atomic E-state index is 12.0. The first-order valence-corrected chi connectivity index (χ1v) is 12.7. The van der Waals surface area contributed by atoms with Crippen molar-refractivity contribution in [2.45, 2.75) is 71.3 Å². The summed E-state index contributed by atoms with van der Waals surface area (Å²) in [5.74, 6) is 1.77. The molecule has 0 fully saturated rings. The van der Waals surface area contributed by atoms with Gasteiger partial charge >= 0.3 is 0 Å². The molecule has 1 amide bonds. The van der Waals surface area contributed by atoms with Crippen LogP contribution in [0.25, 0.3) is 0 Å². The van der Waals surface area contributed by atoms with Gasteiger partial charge < -0.3 is 26.4 Å². The van der Waals surface area contributed by atoms with E-state index in [4.69, 9.17) is 10.5 Å². The molecule has 9 nitrogen and oxygen atoms in total. The van der Waals surface area contributed by atoms with Gasteiger partial charge in [0.05, 0.1) is 13.2 Å². The van der Waals surface area contributed by atoms with Crippen molar-refractivity contribution < 1.29 is 9.53 Å². The zero-order valence-electron chi connectivity index (χ0n) is 20.9. The zero-order chi connectivity index (χ0) is 24.4. The second-order valence-electron chi connectivity index (χ2n) is 8.62. The van der Waals surface area contributed by atoms with Crippen LogP contribution in [0.1, 0.15) is 70.3 Å². The monoisotopic (exact) mass is 473 g/mol. The van der Waals surface area contributed by atoms with Gasteiger partial charge in [-0.15, -0.1) is 5.10 Å². The Balaban J connectivity index is 1.50. The van der Waals surface area contributed by atoms with Gasteiger partial charge in [0.15, 0.2) is 0 Å². The first-order chi connectivity index (χ1) is 16.6. The van der Waals surface area contributed by atoms with E-state index < -0.39 is 0 Å². The van der Waals surface area contributed by atoms with Crippen LogP contribution in [-0.2, 0) is 18.4 Å². The number of nitrogens with two attached hydrogens (primary N) is 1. The number of nitrogen functional groups attached to an aromatic ring is 1. The van der Waals surface area contributed by atoms with E-state index in [2.05, 4.69) is 33.0 Å². The molecule has 34 heavy (non-hydrogen) atoms. The number of amides is 1. The number of anilines is 2. The highest BCUT2D eigenvalue weighted by Gasteiger charge is 2.04. The van der Waals surface area contributed by atoms with Gasteiger partial charge in [0, 0.05) is 26.7 Å². The third-order valence-electron chi connectivity index (χ3n) is 5.52. The molecular formula is C25H43N7O2. The highest BCUT2D eigenvalue weighted by atomic mass is 16.5. The molecule has 9 heteroatoms. The van der Waals surface area contributed by atoms with Crippen molar-refractivity contribution in [3.63, 3.8) is 0 Å². The summed E-state index contributed by atoms with van der Waals surface area (Å²) in [4.78, 5) is 16.1. The fourth-order valence-corrected chi connectivity index (χ4v) is 3.64. The summed E-state index contributed by atoms with van der Waals surface area (Å²) in [6, 6.07) is 7.94. The number of carbonyl (C=O) groups is 1. The van der Waals surface area contributed by atoms with Gasteiger partial charge in [0.2, 0.25) is 17.8 Å². The van der Waals surface area contributed by atoms with Crippen LogP contribution < -0.4 is 26.4 Å². The lowest BCUT2D eigenvalue weighted by Crippen LogP contribution is -2.34. The van der Waals surface area contributed by atoms with Crippen LogP contribution in [0.5, 0.6) is 5.75 Å². The number of hydrogen-bond acceptors (Lipinski definition) is 7. The number of aromatic nitrogens is 3. The molecule has 0 bridgehead atoms. The molecule has 1 aromatic carbocycles. The summed E-state index contributed by atoms with van der Waals surface area (Å²) >= 11 is 0. The van der Waals surface area contributed by atoms with E-state index in [0.29, 0.717) is 32.2 Å². The van der Waals surface area contributed by atoms with Crippen LogP contribution in [0.3, 0.4) is 0 Å². The van der Waals surface area contributed by atoms with E-state index >= 15 is 0 Å². The van der Waals surface area contributed by atoms with Gasteiger partial charge in [0.25, 0.3) is 0 Å². The summed E-state index contributed by atoms with van der Waals surface area (Å²) in [7, 11) is 1.79. The van der Waals surface area contributed by atoms with Crippen LogP contribution in [0.2, 0.25) is 0 Å². The normalized spacial score (nSPS) is 10.9. The summed E-state index contributed by atoms with van der Waals surface area (Å²) < 4.78 is 7.46. The highest BCUT2D eigenvalue weighted by Crippen LogP contribution is 2.13. The summed E-state index contributed by atoms with van der Waals surface area (Å²) in [5, 5.41) is 13.4. The lowest BCUT2D eigenvalue weighted by Gasteiger charge is -2.10. The van der Waals surface area contributed by atoms with Gasteiger partial charge in [-0.25, -0.2) is 4.68 Å². The quantitative estimate of drug-likeness (QED) is 0.230. The number of carbonyl (C=O) groups excluding carboxylic acids is 1. The zero-order valence-corrected chi connectivity index (χ0v) is 20.9. The molecule has 0 unspecified atom stereocenters. The lowest BCUT2D eigenvalue weighted by atomic mass is 10.1. The van der Waals surface area contributed by atoms with E-state index in [-0.39, 0.29) is 11.9 Å². The molecule has 5 N–H and O–H groups in total. The van der Waals surface area contributed by atoms with E-state index in [9.17, 15) is 4.79 Å². The van der Waals surface area contributed by atoms with E-state index in [1.54, 1.807) is 11.7 Å². The Labute approximate surface area is 204 Å². The van der Waals surface area contributed by atoms with E-state index in [0.717, 1.165) is 30.7 Å². The average Bonchev–Trinajstić information content (AvgIpc) is 3.14. The predicted octanol–water partition coefficient (Wildman–Crippen LogP) is 3.62. The molecular weight excluding hydrogens is 430 g/mol. The Morgan fingerprint density at radius 3 is 2.56 bits per heavy atom. The van der Waals surface area contributed by atoms with E-state index in [1.807, 2.05) is 24.3 Å². The van der Waals surface area contributed by atoms with Crippen LogP contribution in [0.4, 0.5) is 11.9 Å². The van der Waals surface area contributed by atoms with Crippen molar-refractivity contribution >= 4 is 17.8 Å².